The molecule has 13 heteroatoms. The third-order valence-corrected chi connectivity index (χ3v) is 4.52. The van der Waals surface area contributed by atoms with Crippen LogP contribution >= 0.6 is 0 Å². The minimum absolute atomic E-state index is 0.0268. The van der Waals surface area contributed by atoms with Gasteiger partial charge in [-0.05, 0) is 23.6 Å². The Balaban J connectivity index is 2.15. The number of nitrogens with zero attached hydrogens (tertiary/aromatic N) is 1. The number of hydrogen-bond donors (Lipinski definition) is 0. The van der Waals surface area contributed by atoms with Crippen molar-refractivity contribution in [2.45, 2.75) is 5.51 Å². The number of halogens is 3. The molecule has 0 fully saturated rings. The number of amides is 2. The summed E-state index contributed by atoms with van der Waals surface area (Å²) in [5, 5.41) is -0.255. The van der Waals surface area contributed by atoms with E-state index in [-0.39, 0.29) is 22.1 Å². The molecule has 9 nitrogen and oxygen atoms in total. The summed E-state index contributed by atoms with van der Waals surface area (Å²) >= 11 is 0. The van der Waals surface area contributed by atoms with Crippen LogP contribution in [0.5, 0.6) is 5.75 Å². The molecule has 1 heterocycles. The summed E-state index contributed by atoms with van der Waals surface area (Å²) in [5.74, 6) is -3.12. The second-order valence-corrected chi connectivity index (χ2v) is 6.83. The first-order chi connectivity index (χ1) is 13.0. The topological polar surface area (TPSA) is 116 Å². The first-order valence-corrected chi connectivity index (χ1v) is 8.59. The molecule has 0 bridgehead atoms. The van der Waals surface area contributed by atoms with Crippen LogP contribution in [0.15, 0.2) is 30.3 Å². The second kappa shape index (κ2) is 6.45. The molecule has 2 aromatic rings. The Kier molecular flexibility index (Phi) is 4.51. The number of benzene rings is 2. The molecule has 0 radical (unpaired) electrons. The van der Waals surface area contributed by atoms with Crippen molar-refractivity contribution in [3.8, 4) is 5.75 Å². The fourth-order valence-electron chi connectivity index (χ4n) is 2.46. The van der Waals surface area contributed by atoms with Crippen LogP contribution in [0.25, 0.3) is 10.8 Å². The fraction of sp³-hybridized carbons (Fsp3) is 0.133. The maximum atomic E-state index is 12.6. The van der Waals surface area contributed by atoms with Crippen LogP contribution in [0.1, 0.15) is 20.7 Å². The van der Waals surface area contributed by atoms with Crippen LogP contribution in [-0.4, -0.2) is 44.1 Å². The molecule has 0 atom stereocenters. The van der Waals surface area contributed by atoms with Gasteiger partial charge in [-0.3, -0.25) is 9.59 Å². The Labute approximate surface area is 154 Å². The molecule has 0 unspecified atom stereocenters. The quantitative estimate of drug-likeness (QED) is 0.322. The lowest BCUT2D eigenvalue weighted by Gasteiger charge is -2.25. The molecule has 2 aromatic carbocycles. The summed E-state index contributed by atoms with van der Waals surface area (Å²) in [6.45, 7) is 0. The van der Waals surface area contributed by atoms with E-state index in [2.05, 4.69) is 9.02 Å². The van der Waals surface area contributed by atoms with Gasteiger partial charge in [-0.1, -0.05) is 12.1 Å². The van der Waals surface area contributed by atoms with Gasteiger partial charge in [0.15, 0.2) is 0 Å². The van der Waals surface area contributed by atoms with E-state index in [0.717, 1.165) is 19.2 Å². The van der Waals surface area contributed by atoms with Gasteiger partial charge in [0.25, 0.3) is 11.8 Å². The van der Waals surface area contributed by atoms with E-state index in [1.807, 2.05) is 0 Å². The highest BCUT2D eigenvalue weighted by molar-refractivity contribution is 7.87. The van der Waals surface area contributed by atoms with Gasteiger partial charge < -0.3 is 9.47 Å². The molecule has 28 heavy (non-hydrogen) atoms. The molecule has 3 rings (SSSR count). The Morgan fingerprint density at radius 1 is 1.07 bits per heavy atom. The normalized spacial score (nSPS) is 14.4. The van der Waals surface area contributed by atoms with Gasteiger partial charge in [0.2, 0.25) is 0 Å². The predicted molar refractivity (Wildman–Crippen MR) is 83.5 cm³/mol. The first-order valence-electron chi connectivity index (χ1n) is 7.18. The zero-order chi connectivity index (χ0) is 20.9. The lowest BCUT2D eigenvalue weighted by Crippen LogP contribution is -2.44. The van der Waals surface area contributed by atoms with Crippen LogP contribution in [0, 0.1) is 0 Å². The smallest absolute Gasteiger partial charge is 0.437 e. The number of imide groups is 1. The molecule has 148 valence electrons. The van der Waals surface area contributed by atoms with Gasteiger partial charge in [0, 0.05) is 5.39 Å². The fourth-order valence-corrected chi connectivity index (χ4v) is 2.88. The van der Waals surface area contributed by atoms with E-state index in [9.17, 15) is 36.0 Å². The summed E-state index contributed by atoms with van der Waals surface area (Å²) < 4.78 is 73.1. The Morgan fingerprint density at radius 2 is 1.71 bits per heavy atom. The van der Waals surface area contributed by atoms with Gasteiger partial charge in [-0.15, -0.1) is 9.35 Å². The summed E-state index contributed by atoms with van der Waals surface area (Å²) in [6.07, 6.45) is -1.14. The molecule has 0 N–H and O–H groups in total. The number of carbonyl (C=O) groups excluding carboxylic acids is 3. The Hall–Kier alpha value is -3.19. The van der Waals surface area contributed by atoms with Crippen molar-refractivity contribution in [3.05, 3.63) is 41.5 Å². The molecule has 0 spiro atoms. The number of ether oxygens (including phenoxy) is 2. The van der Waals surface area contributed by atoms with Crippen molar-refractivity contribution in [2.75, 3.05) is 7.11 Å². The van der Waals surface area contributed by atoms with Crippen LogP contribution in [0.4, 0.5) is 18.0 Å². The number of hydrogen-bond acceptors (Lipinski definition) is 8. The highest BCUT2D eigenvalue weighted by atomic mass is 32.2. The van der Waals surface area contributed by atoms with Gasteiger partial charge in [-0.25, -0.2) is 4.79 Å². The number of carbonyl (C=O) groups is 3. The minimum Gasteiger partial charge on any atom is -0.437 e. The third-order valence-electron chi connectivity index (χ3n) is 3.60. The molecular weight excluding hydrogens is 411 g/mol. The minimum atomic E-state index is -6.29. The molecule has 1 aliphatic rings. The van der Waals surface area contributed by atoms with Crippen LogP contribution in [0.2, 0.25) is 0 Å². The zero-order valence-electron chi connectivity index (χ0n) is 13.6. The SMILES string of the molecule is COC(=O)Oc1cc2c3c(cccc3c1)C(=O)N(OS(=O)(=O)C(F)(F)F)C2=O. The van der Waals surface area contributed by atoms with E-state index in [0.29, 0.717) is 0 Å². The number of methoxy groups -OCH3 is 1. The molecule has 0 saturated heterocycles. The lowest BCUT2D eigenvalue weighted by molar-refractivity contribution is -0.0761. The molecule has 0 aromatic heterocycles. The van der Waals surface area contributed by atoms with E-state index in [1.165, 1.54) is 18.2 Å². The Morgan fingerprint density at radius 3 is 2.32 bits per heavy atom. The summed E-state index contributed by atoms with van der Waals surface area (Å²) in [6, 6.07) is 6.15. The molecule has 2 amide bonds. The molecule has 0 saturated carbocycles. The van der Waals surface area contributed by atoms with Gasteiger partial charge in [0.05, 0.1) is 18.2 Å². The van der Waals surface area contributed by atoms with Crippen LogP contribution in [0.3, 0.4) is 0 Å². The van der Waals surface area contributed by atoms with E-state index < -0.39 is 44.2 Å². The van der Waals surface area contributed by atoms with Gasteiger partial charge >= 0.3 is 21.8 Å². The van der Waals surface area contributed by atoms with Crippen molar-refractivity contribution in [1.82, 2.24) is 5.06 Å². The van der Waals surface area contributed by atoms with Gasteiger partial charge in [-0.2, -0.15) is 21.6 Å². The number of rotatable bonds is 3. The summed E-state index contributed by atoms with van der Waals surface area (Å²) in [5.41, 5.74) is -6.56. The first kappa shape index (κ1) is 19.6. The van der Waals surface area contributed by atoms with E-state index in [4.69, 9.17) is 4.74 Å². The monoisotopic (exact) mass is 419 g/mol. The highest BCUT2D eigenvalue weighted by Crippen LogP contribution is 2.35. The van der Waals surface area contributed by atoms with Crippen molar-refractivity contribution in [1.29, 1.82) is 0 Å². The lowest BCUT2D eigenvalue weighted by atomic mass is 9.95. The average molecular weight is 419 g/mol. The number of alkyl halides is 3. The van der Waals surface area contributed by atoms with E-state index in [1.54, 1.807) is 0 Å². The highest BCUT2D eigenvalue weighted by Gasteiger charge is 2.51. The number of hydroxylamine groups is 2. The third kappa shape index (κ3) is 3.14. The maximum Gasteiger partial charge on any atom is 0.525 e. The maximum absolute atomic E-state index is 12.6. The van der Waals surface area contributed by atoms with Crippen molar-refractivity contribution in [2.24, 2.45) is 0 Å². The molecule has 0 aliphatic carbocycles. The van der Waals surface area contributed by atoms with Crippen molar-refractivity contribution < 1.29 is 49.7 Å². The average Bonchev–Trinajstić information content (AvgIpc) is 2.61. The van der Waals surface area contributed by atoms with Crippen LogP contribution in [-0.2, 0) is 19.1 Å². The summed E-state index contributed by atoms with van der Waals surface area (Å²) in [4.78, 5) is 36.1. The van der Waals surface area contributed by atoms with Crippen LogP contribution < -0.4 is 4.74 Å². The standard InChI is InChI=1S/C15H8F3NO8S/c1-25-14(22)26-8-5-7-3-2-4-9-11(7)10(6-8)13(21)19(12(9)20)27-28(23,24)15(16,17)18/h2-6H,1H3. The molecule has 1 aliphatic heterocycles. The second-order valence-electron chi connectivity index (χ2n) is 5.31. The van der Waals surface area contributed by atoms with Crippen molar-refractivity contribution in [3.63, 3.8) is 0 Å². The van der Waals surface area contributed by atoms with E-state index >= 15 is 0 Å². The van der Waals surface area contributed by atoms with Gasteiger partial charge in [0.1, 0.15) is 5.75 Å². The zero-order valence-corrected chi connectivity index (χ0v) is 14.5. The largest absolute Gasteiger partial charge is 0.525 e. The predicted octanol–water partition coefficient (Wildman–Crippen LogP) is 2.36. The molecular formula is C15H8F3NO8S. The van der Waals surface area contributed by atoms with Crippen molar-refractivity contribution >= 4 is 38.9 Å². The summed E-state index contributed by atoms with van der Waals surface area (Å²) in [7, 11) is -5.27. The Bertz CT molecular complexity index is 1130.